The van der Waals surface area contributed by atoms with Gasteiger partial charge in [-0.25, -0.2) is 0 Å². The van der Waals surface area contributed by atoms with Crippen molar-refractivity contribution in [2.75, 3.05) is 13.6 Å². The summed E-state index contributed by atoms with van der Waals surface area (Å²) in [5, 5.41) is 10.5. The second-order valence-electron chi connectivity index (χ2n) is 5.42. The Balaban J connectivity index is 0.00000176. The van der Waals surface area contributed by atoms with E-state index in [0.29, 0.717) is 6.54 Å². The summed E-state index contributed by atoms with van der Waals surface area (Å²) in [7, 11) is 1.78. The zero-order valence-corrected chi connectivity index (χ0v) is 14.9. The molecule has 0 saturated heterocycles. The molecule has 0 aliphatic heterocycles. The Morgan fingerprint density at radius 3 is 2.59 bits per heavy atom. The van der Waals surface area contributed by atoms with E-state index in [9.17, 15) is 0 Å². The van der Waals surface area contributed by atoms with Crippen LogP contribution in [-0.4, -0.2) is 24.7 Å². The standard InChI is InChI=1S/C16H20N4O.HI/c1-17-15(18-11-14-7-10-21-20-14)19-12-16(8-9-16)13-5-3-2-4-6-13;/h2-7,10H,8-9,11-12H2,1H3,(H2,17,18,19);1H. The number of guanidine groups is 1. The maximum atomic E-state index is 4.81. The second kappa shape index (κ2) is 7.62. The third-order valence-electron chi connectivity index (χ3n) is 3.99. The summed E-state index contributed by atoms with van der Waals surface area (Å²) in [6.45, 7) is 1.50. The van der Waals surface area contributed by atoms with Crippen molar-refractivity contribution in [1.29, 1.82) is 0 Å². The molecule has 5 nitrogen and oxygen atoms in total. The Morgan fingerprint density at radius 2 is 2.00 bits per heavy atom. The SMILES string of the molecule is CN=C(NCc1ccon1)NCC1(c2ccccc2)CC1.I. The fourth-order valence-electron chi connectivity index (χ4n) is 2.49. The summed E-state index contributed by atoms with van der Waals surface area (Å²) in [5.41, 5.74) is 2.54. The molecule has 2 N–H and O–H groups in total. The first-order valence-electron chi connectivity index (χ1n) is 7.22. The lowest BCUT2D eigenvalue weighted by molar-refractivity contribution is 0.410. The topological polar surface area (TPSA) is 62.5 Å². The van der Waals surface area contributed by atoms with Crippen LogP contribution in [-0.2, 0) is 12.0 Å². The number of rotatable bonds is 5. The Bertz CT molecular complexity index is 594. The normalized spacial score (nSPS) is 15.8. The molecule has 0 unspecified atom stereocenters. The van der Waals surface area contributed by atoms with E-state index in [1.165, 1.54) is 18.4 Å². The van der Waals surface area contributed by atoms with Crippen LogP contribution in [0.5, 0.6) is 0 Å². The van der Waals surface area contributed by atoms with E-state index in [1.54, 1.807) is 13.3 Å². The first kappa shape index (κ1) is 16.8. The van der Waals surface area contributed by atoms with E-state index in [0.717, 1.165) is 18.2 Å². The number of nitrogens with zero attached hydrogens (tertiary/aromatic N) is 2. The minimum absolute atomic E-state index is 0. The summed E-state index contributed by atoms with van der Waals surface area (Å²) in [5.74, 6) is 0.792. The Morgan fingerprint density at radius 1 is 1.23 bits per heavy atom. The van der Waals surface area contributed by atoms with Crippen molar-refractivity contribution in [3.05, 3.63) is 53.9 Å². The maximum Gasteiger partial charge on any atom is 0.191 e. The molecule has 2 aromatic rings. The average molecular weight is 412 g/mol. The van der Waals surface area contributed by atoms with Gasteiger partial charge in [0.1, 0.15) is 12.0 Å². The molecule has 0 amide bonds. The molecular weight excluding hydrogens is 391 g/mol. The Hall–Kier alpha value is -1.57. The van der Waals surface area contributed by atoms with Crippen LogP contribution < -0.4 is 10.6 Å². The van der Waals surface area contributed by atoms with Crippen molar-refractivity contribution in [2.45, 2.75) is 24.8 Å². The highest BCUT2D eigenvalue weighted by Gasteiger charge is 2.43. The van der Waals surface area contributed by atoms with E-state index in [1.807, 2.05) is 6.07 Å². The third-order valence-corrected chi connectivity index (χ3v) is 3.99. The minimum atomic E-state index is 0. The lowest BCUT2D eigenvalue weighted by atomic mass is 9.96. The molecule has 0 atom stereocenters. The van der Waals surface area contributed by atoms with Gasteiger partial charge in [-0.15, -0.1) is 24.0 Å². The van der Waals surface area contributed by atoms with Gasteiger partial charge in [0.15, 0.2) is 5.96 Å². The highest BCUT2D eigenvalue weighted by atomic mass is 127. The average Bonchev–Trinajstić information content (AvgIpc) is 3.15. The predicted molar refractivity (Wildman–Crippen MR) is 97.5 cm³/mol. The van der Waals surface area contributed by atoms with Crippen molar-refractivity contribution >= 4 is 29.9 Å². The van der Waals surface area contributed by atoms with Gasteiger partial charge in [0, 0.05) is 25.1 Å². The zero-order valence-electron chi connectivity index (χ0n) is 12.6. The number of halogens is 1. The summed E-state index contributed by atoms with van der Waals surface area (Å²) in [6, 6.07) is 12.5. The highest BCUT2D eigenvalue weighted by molar-refractivity contribution is 14.0. The van der Waals surface area contributed by atoms with E-state index >= 15 is 0 Å². The number of hydrogen-bond donors (Lipinski definition) is 2. The molecule has 1 aromatic heterocycles. The fraction of sp³-hybridized carbons (Fsp3) is 0.375. The van der Waals surface area contributed by atoms with Gasteiger partial charge in [-0.1, -0.05) is 35.5 Å². The van der Waals surface area contributed by atoms with E-state index < -0.39 is 0 Å². The van der Waals surface area contributed by atoms with Gasteiger partial charge in [-0.05, 0) is 18.4 Å². The van der Waals surface area contributed by atoms with Gasteiger partial charge < -0.3 is 15.2 Å². The molecule has 3 rings (SSSR count). The highest BCUT2D eigenvalue weighted by Crippen LogP contribution is 2.47. The summed E-state index contributed by atoms with van der Waals surface area (Å²) >= 11 is 0. The molecule has 0 radical (unpaired) electrons. The minimum Gasteiger partial charge on any atom is -0.364 e. The van der Waals surface area contributed by atoms with Crippen LogP contribution >= 0.6 is 24.0 Å². The molecule has 1 aliphatic rings. The van der Waals surface area contributed by atoms with Crippen molar-refractivity contribution in [1.82, 2.24) is 15.8 Å². The van der Waals surface area contributed by atoms with Gasteiger partial charge in [-0.3, -0.25) is 4.99 Å². The number of benzene rings is 1. The fourth-order valence-corrected chi connectivity index (χ4v) is 2.49. The molecule has 1 heterocycles. The zero-order chi connectivity index (χ0) is 14.5. The molecular formula is C16H21IN4O. The van der Waals surface area contributed by atoms with Crippen LogP contribution in [0.15, 0.2) is 52.2 Å². The van der Waals surface area contributed by atoms with Crippen molar-refractivity contribution in [3.63, 3.8) is 0 Å². The number of aliphatic imine (C=N–C) groups is 1. The van der Waals surface area contributed by atoms with Gasteiger partial charge in [0.2, 0.25) is 0 Å². The van der Waals surface area contributed by atoms with Crippen LogP contribution in [0.3, 0.4) is 0 Å². The quantitative estimate of drug-likeness (QED) is 0.451. The molecule has 6 heteroatoms. The van der Waals surface area contributed by atoms with Gasteiger partial charge in [0.05, 0.1) is 6.54 Å². The molecule has 1 saturated carbocycles. The summed E-state index contributed by atoms with van der Waals surface area (Å²) in [6.07, 6.45) is 4.02. The third kappa shape index (κ3) is 4.00. The first-order valence-corrected chi connectivity index (χ1v) is 7.22. The predicted octanol–water partition coefficient (Wildman–Crippen LogP) is 2.69. The number of hydrogen-bond acceptors (Lipinski definition) is 3. The van der Waals surface area contributed by atoms with Gasteiger partial charge in [0.25, 0.3) is 0 Å². The van der Waals surface area contributed by atoms with Gasteiger partial charge in [-0.2, -0.15) is 0 Å². The molecule has 118 valence electrons. The summed E-state index contributed by atoms with van der Waals surface area (Å²) in [4.78, 5) is 4.25. The lowest BCUT2D eigenvalue weighted by Gasteiger charge is -2.18. The van der Waals surface area contributed by atoms with E-state index in [-0.39, 0.29) is 29.4 Å². The molecule has 1 aromatic carbocycles. The lowest BCUT2D eigenvalue weighted by Crippen LogP contribution is -2.40. The van der Waals surface area contributed by atoms with Crippen molar-refractivity contribution < 1.29 is 4.52 Å². The number of nitrogens with one attached hydrogen (secondary N) is 2. The molecule has 1 fully saturated rings. The maximum absolute atomic E-state index is 4.81. The van der Waals surface area contributed by atoms with Crippen LogP contribution in [0.4, 0.5) is 0 Å². The van der Waals surface area contributed by atoms with E-state index in [4.69, 9.17) is 4.52 Å². The second-order valence-corrected chi connectivity index (χ2v) is 5.42. The Kier molecular flexibility index (Phi) is 5.82. The molecule has 0 bridgehead atoms. The molecule has 22 heavy (non-hydrogen) atoms. The molecule has 0 spiro atoms. The molecule has 1 aliphatic carbocycles. The largest absolute Gasteiger partial charge is 0.364 e. The van der Waals surface area contributed by atoms with Crippen molar-refractivity contribution in [2.24, 2.45) is 4.99 Å². The van der Waals surface area contributed by atoms with Gasteiger partial charge >= 0.3 is 0 Å². The van der Waals surface area contributed by atoms with E-state index in [2.05, 4.69) is 51.1 Å². The Labute approximate surface area is 147 Å². The first-order chi connectivity index (χ1) is 10.3. The van der Waals surface area contributed by atoms with Crippen molar-refractivity contribution in [3.8, 4) is 0 Å². The van der Waals surface area contributed by atoms with Crippen LogP contribution in [0.25, 0.3) is 0 Å². The summed E-state index contributed by atoms with van der Waals surface area (Å²) < 4.78 is 4.81. The smallest absolute Gasteiger partial charge is 0.191 e. The van der Waals surface area contributed by atoms with Crippen LogP contribution in [0.2, 0.25) is 0 Å². The monoisotopic (exact) mass is 412 g/mol. The van der Waals surface area contributed by atoms with Crippen LogP contribution in [0, 0.1) is 0 Å². The van der Waals surface area contributed by atoms with Crippen LogP contribution in [0.1, 0.15) is 24.1 Å². The number of aromatic nitrogens is 1.